The minimum Gasteiger partial charge on any atom is -0.478 e. The zero-order valence-electron chi connectivity index (χ0n) is 9.80. The number of carbonyl (C=O) groups is 1. The Kier molecular flexibility index (Phi) is 3.82. The Balaban J connectivity index is 2.31. The monoisotopic (exact) mass is 292 g/mol. The van der Waals surface area contributed by atoms with Gasteiger partial charge in [0.25, 0.3) is 0 Å². The van der Waals surface area contributed by atoms with Gasteiger partial charge in [-0.05, 0) is 24.3 Å². The second-order valence-corrected chi connectivity index (χ2v) is 4.08. The summed E-state index contributed by atoms with van der Waals surface area (Å²) < 4.78 is 18.8. The number of ether oxygens (including phenoxy) is 1. The summed E-state index contributed by atoms with van der Waals surface area (Å²) in [4.78, 5) is 14.4. The van der Waals surface area contributed by atoms with Gasteiger partial charge in [-0.15, -0.1) is 0 Å². The minimum atomic E-state index is -1.18. The summed E-state index contributed by atoms with van der Waals surface area (Å²) in [6, 6.07) is 6.58. The van der Waals surface area contributed by atoms with Crippen LogP contribution in [-0.4, -0.2) is 16.1 Å². The average Bonchev–Trinajstić information content (AvgIpc) is 2.42. The number of aromatic carboxylic acids is 1. The van der Waals surface area contributed by atoms with E-state index in [0.717, 1.165) is 18.3 Å². The number of nitrogens with zero attached hydrogens (tertiary/aromatic N) is 2. The molecule has 0 aliphatic rings. The summed E-state index contributed by atoms with van der Waals surface area (Å²) in [7, 11) is 0. The molecule has 0 radical (unpaired) electrons. The van der Waals surface area contributed by atoms with Gasteiger partial charge >= 0.3 is 5.97 Å². The van der Waals surface area contributed by atoms with Crippen LogP contribution in [0.2, 0.25) is 5.02 Å². The summed E-state index contributed by atoms with van der Waals surface area (Å²) in [6.45, 7) is 0. The van der Waals surface area contributed by atoms with Crippen LogP contribution in [0.1, 0.15) is 15.9 Å². The second-order valence-electron chi connectivity index (χ2n) is 3.68. The third kappa shape index (κ3) is 2.84. The molecule has 0 amide bonds. The van der Waals surface area contributed by atoms with E-state index < -0.39 is 11.8 Å². The molecular weight excluding hydrogens is 287 g/mol. The summed E-state index contributed by atoms with van der Waals surface area (Å²) in [6.07, 6.45) is 1.05. The Hall–Kier alpha value is -2.65. The summed E-state index contributed by atoms with van der Waals surface area (Å²) in [5.41, 5.74) is 0.0396. The van der Waals surface area contributed by atoms with Gasteiger partial charge in [-0.1, -0.05) is 11.6 Å². The van der Waals surface area contributed by atoms with Crippen molar-refractivity contribution < 1.29 is 19.0 Å². The predicted molar refractivity (Wildman–Crippen MR) is 67.4 cm³/mol. The molecule has 0 fully saturated rings. The van der Waals surface area contributed by atoms with Gasteiger partial charge in [-0.25, -0.2) is 14.2 Å². The number of aromatic nitrogens is 1. The first-order valence-corrected chi connectivity index (χ1v) is 5.65. The predicted octanol–water partition coefficient (Wildman–Crippen LogP) is 3.24. The molecule has 0 aliphatic heterocycles. The summed E-state index contributed by atoms with van der Waals surface area (Å²) in [5.74, 6) is -2.22. The van der Waals surface area contributed by atoms with Crippen LogP contribution >= 0.6 is 11.6 Å². The number of carboxylic acids is 1. The van der Waals surface area contributed by atoms with Crippen LogP contribution in [0, 0.1) is 17.1 Å². The van der Waals surface area contributed by atoms with Gasteiger partial charge in [0, 0.05) is 6.20 Å². The van der Waals surface area contributed by atoms with Crippen LogP contribution < -0.4 is 4.74 Å². The fourth-order valence-corrected chi connectivity index (χ4v) is 1.58. The van der Waals surface area contributed by atoms with Crippen molar-refractivity contribution in [1.82, 2.24) is 4.98 Å². The highest BCUT2D eigenvalue weighted by Gasteiger charge is 2.12. The molecule has 2 aromatic rings. The second kappa shape index (κ2) is 5.55. The molecule has 0 saturated heterocycles. The third-order valence-electron chi connectivity index (χ3n) is 2.32. The Bertz CT molecular complexity index is 728. The fraction of sp³-hybridized carbons (Fsp3) is 0. The van der Waals surface area contributed by atoms with Gasteiger partial charge in [-0.3, -0.25) is 0 Å². The Morgan fingerprint density at radius 3 is 2.75 bits per heavy atom. The number of hydrogen-bond donors (Lipinski definition) is 1. The zero-order valence-corrected chi connectivity index (χ0v) is 10.6. The van der Waals surface area contributed by atoms with Crippen LogP contribution in [0.25, 0.3) is 0 Å². The standard InChI is InChI=1S/C13H6ClFN2O3/c14-9-4-8(13(18)19)6-17-12(9)20-11-2-1-7(5-16)3-10(11)15/h1-4,6H,(H,18,19). The Morgan fingerprint density at radius 1 is 1.45 bits per heavy atom. The highest BCUT2D eigenvalue weighted by molar-refractivity contribution is 6.32. The maximum absolute atomic E-state index is 13.6. The molecule has 1 heterocycles. The fourth-order valence-electron chi connectivity index (χ4n) is 1.37. The van der Waals surface area contributed by atoms with Crippen LogP contribution in [0.5, 0.6) is 11.6 Å². The van der Waals surface area contributed by atoms with E-state index in [0.29, 0.717) is 0 Å². The van der Waals surface area contributed by atoms with E-state index in [9.17, 15) is 9.18 Å². The number of pyridine rings is 1. The molecule has 1 aromatic heterocycles. The number of halogens is 2. The Labute approximate surface area is 117 Å². The topological polar surface area (TPSA) is 83.2 Å². The van der Waals surface area contributed by atoms with E-state index in [1.807, 2.05) is 0 Å². The molecular formula is C13H6ClFN2O3. The molecule has 1 aromatic carbocycles. The lowest BCUT2D eigenvalue weighted by molar-refractivity contribution is 0.0696. The maximum Gasteiger partial charge on any atom is 0.337 e. The first-order chi connectivity index (χ1) is 9.51. The molecule has 0 bridgehead atoms. The van der Waals surface area contributed by atoms with Gasteiger partial charge in [0.2, 0.25) is 5.88 Å². The number of nitriles is 1. The molecule has 0 unspecified atom stereocenters. The normalized spacial score (nSPS) is 9.85. The molecule has 0 atom stereocenters. The highest BCUT2D eigenvalue weighted by Crippen LogP contribution is 2.29. The average molecular weight is 293 g/mol. The van der Waals surface area contributed by atoms with E-state index in [2.05, 4.69) is 4.98 Å². The van der Waals surface area contributed by atoms with Gasteiger partial charge in [0.15, 0.2) is 11.6 Å². The summed E-state index contributed by atoms with van der Waals surface area (Å²) >= 11 is 5.81. The smallest absolute Gasteiger partial charge is 0.337 e. The van der Waals surface area contributed by atoms with Gasteiger partial charge in [-0.2, -0.15) is 5.26 Å². The Morgan fingerprint density at radius 2 is 2.20 bits per heavy atom. The lowest BCUT2D eigenvalue weighted by Gasteiger charge is -2.07. The van der Waals surface area contributed by atoms with Crippen molar-refractivity contribution in [3.63, 3.8) is 0 Å². The van der Waals surface area contributed by atoms with Gasteiger partial charge in [0.05, 0.1) is 17.2 Å². The maximum atomic E-state index is 13.6. The van der Waals surface area contributed by atoms with Crippen LogP contribution in [0.3, 0.4) is 0 Å². The number of benzene rings is 1. The lowest BCUT2D eigenvalue weighted by Crippen LogP contribution is -1.99. The largest absolute Gasteiger partial charge is 0.478 e. The van der Waals surface area contributed by atoms with E-state index in [4.69, 9.17) is 26.7 Å². The van der Waals surface area contributed by atoms with Gasteiger partial charge in [0.1, 0.15) is 5.02 Å². The van der Waals surface area contributed by atoms with Crippen molar-refractivity contribution in [1.29, 1.82) is 5.26 Å². The molecule has 0 saturated carbocycles. The van der Waals surface area contributed by atoms with Crippen LogP contribution in [0.15, 0.2) is 30.5 Å². The molecule has 0 aliphatic carbocycles. The summed E-state index contributed by atoms with van der Waals surface area (Å²) in [5, 5.41) is 17.3. The molecule has 7 heteroatoms. The zero-order chi connectivity index (χ0) is 14.7. The third-order valence-corrected chi connectivity index (χ3v) is 2.59. The molecule has 20 heavy (non-hydrogen) atoms. The van der Waals surface area contributed by atoms with Crippen molar-refractivity contribution in [2.24, 2.45) is 0 Å². The van der Waals surface area contributed by atoms with Crippen molar-refractivity contribution in [2.75, 3.05) is 0 Å². The number of carboxylic acid groups (broad SMARTS) is 1. The minimum absolute atomic E-state index is 0.0614. The number of rotatable bonds is 3. The molecule has 2 rings (SSSR count). The lowest BCUT2D eigenvalue weighted by atomic mass is 10.2. The van der Waals surface area contributed by atoms with E-state index >= 15 is 0 Å². The SMILES string of the molecule is N#Cc1ccc(Oc2ncc(C(=O)O)cc2Cl)c(F)c1. The van der Waals surface area contributed by atoms with Crippen molar-refractivity contribution in [3.8, 4) is 17.7 Å². The van der Waals surface area contributed by atoms with Crippen molar-refractivity contribution >= 4 is 17.6 Å². The molecule has 100 valence electrons. The molecule has 1 N–H and O–H groups in total. The van der Waals surface area contributed by atoms with Crippen LogP contribution in [-0.2, 0) is 0 Å². The van der Waals surface area contributed by atoms with Crippen molar-refractivity contribution in [3.05, 3.63) is 52.4 Å². The first kappa shape index (κ1) is 13.8. The first-order valence-electron chi connectivity index (χ1n) is 5.27. The quantitative estimate of drug-likeness (QED) is 0.939. The van der Waals surface area contributed by atoms with E-state index in [1.165, 1.54) is 12.1 Å². The van der Waals surface area contributed by atoms with Crippen molar-refractivity contribution in [2.45, 2.75) is 0 Å². The number of hydrogen-bond acceptors (Lipinski definition) is 4. The van der Waals surface area contributed by atoms with Gasteiger partial charge < -0.3 is 9.84 Å². The molecule has 5 nitrogen and oxygen atoms in total. The van der Waals surface area contributed by atoms with E-state index in [-0.39, 0.29) is 27.8 Å². The van der Waals surface area contributed by atoms with E-state index in [1.54, 1.807) is 6.07 Å². The molecule has 0 spiro atoms. The highest BCUT2D eigenvalue weighted by atomic mass is 35.5. The van der Waals surface area contributed by atoms with Crippen LogP contribution in [0.4, 0.5) is 4.39 Å².